The molecule has 0 saturated carbocycles. The number of nitrogens with two attached hydrogens (primary N) is 1. The normalized spacial score (nSPS) is 20.5. The van der Waals surface area contributed by atoms with Crippen LogP contribution in [0.3, 0.4) is 0 Å². The Balaban J connectivity index is 2.25. The summed E-state index contributed by atoms with van der Waals surface area (Å²) in [7, 11) is 0. The van der Waals surface area contributed by atoms with E-state index in [1.165, 1.54) is 0 Å². The van der Waals surface area contributed by atoms with Crippen LogP contribution in [0.2, 0.25) is 0 Å². The number of rotatable bonds is 2. The number of hydrogen-bond donors (Lipinski definition) is 3. The van der Waals surface area contributed by atoms with E-state index in [1.807, 2.05) is 24.0 Å². The lowest BCUT2D eigenvalue weighted by Crippen LogP contribution is -2.54. The van der Waals surface area contributed by atoms with Crippen LogP contribution < -0.4 is 21.5 Å². The molecule has 6 nitrogen and oxygen atoms in total. The van der Waals surface area contributed by atoms with Gasteiger partial charge in [0.25, 0.3) is 0 Å². The summed E-state index contributed by atoms with van der Waals surface area (Å²) in [6.07, 6.45) is 1.67. The molecule has 2 heterocycles. The van der Waals surface area contributed by atoms with Crippen molar-refractivity contribution in [1.29, 1.82) is 0 Å². The Morgan fingerprint density at radius 1 is 1.69 bits per heavy atom. The van der Waals surface area contributed by atoms with Crippen molar-refractivity contribution in [2.24, 2.45) is 5.84 Å². The van der Waals surface area contributed by atoms with E-state index in [4.69, 9.17) is 5.84 Å². The standard InChI is InChI=1S/C10H15N5O/c1-7-10(16)13-4-5-15(7)8-2-3-12-9(6-8)14-11/h2-3,6-7H,4-5,11H2,1H3,(H,12,14)(H,13,16). The van der Waals surface area contributed by atoms with E-state index in [2.05, 4.69) is 15.7 Å². The molecule has 1 fully saturated rings. The molecule has 1 saturated heterocycles. The molecule has 6 heteroatoms. The lowest BCUT2D eigenvalue weighted by molar-refractivity contribution is -0.122. The van der Waals surface area contributed by atoms with Gasteiger partial charge >= 0.3 is 0 Å². The smallest absolute Gasteiger partial charge is 0.242 e. The van der Waals surface area contributed by atoms with Gasteiger partial charge in [0.05, 0.1) is 0 Å². The Morgan fingerprint density at radius 2 is 2.50 bits per heavy atom. The average Bonchev–Trinajstić information content (AvgIpc) is 2.33. The summed E-state index contributed by atoms with van der Waals surface area (Å²) >= 11 is 0. The molecule has 1 aliphatic rings. The Hall–Kier alpha value is -1.82. The summed E-state index contributed by atoms with van der Waals surface area (Å²) in [4.78, 5) is 17.6. The molecular formula is C10H15N5O. The maximum atomic E-state index is 11.5. The first kappa shape index (κ1) is 10.7. The molecule has 0 bridgehead atoms. The number of carbonyl (C=O) groups is 1. The van der Waals surface area contributed by atoms with Gasteiger partial charge in [-0.05, 0) is 13.0 Å². The molecule has 16 heavy (non-hydrogen) atoms. The van der Waals surface area contributed by atoms with Gasteiger partial charge in [-0.3, -0.25) is 4.79 Å². The molecule has 1 atom stereocenters. The van der Waals surface area contributed by atoms with Crippen molar-refractivity contribution in [2.45, 2.75) is 13.0 Å². The number of piperazine rings is 1. The fourth-order valence-corrected chi connectivity index (χ4v) is 1.81. The first-order valence-corrected chi connectivity index (χ1v) is 5.19. The number of hydrogen-bond acceptors (Lipinski definition) is 5. The summed E-state index contributed by atoms with van der Waals surface area (Å²) in [5, 5.41) is 2.82. The van der Waals surface area contributed by atoms with Crippen molar-refractivity contribution in [2.75, 3.05) is 23.4 Å². The number of nitrogens with zero attached hydrogens (tertiary/aromatic N) is 2. The maximum Gasteiger partial charge on any atom is 0.242 e. The van der Waals surface area contributed by atoms with Crippen LogP contribution in [0.15, 0.2) is 18.3 Å². The number of anilines is 2. The van der Waals surface area contributed by atoms with Crippen LogP contribution in [0.5, 0.6) is 0 Å². The Labute approximate surface area is 93.8 Å². The van der Waals surface area contributed by atoms with Crippen LogP contribution in [-0.2, 0) is 4.79 Å². The monoisotopic (exact) mass is 221 g/mol. The summed E-state index contributed by atoms with van der Waals surface area (Å²) in [5.74, 6) is 5.94. The minimum absolute atomic E-state index is 0.0466. The highest BCUT2D eigenvalue weighted by molar-refractivity contribution is 5.86. The van der Waals surface area contributed by atoms with Gasteiger partial charge in [-0.1, -0.05) is 0 Å². The molecule has 0 aliphatic carbocycles. The highest BCUT2D eigenvalue weighted by Gasteiger charge is 2.25. The van der Waals surface area contributed by atoms with E-state index in [-0.39, 0.29) is 11.9 Å². The second kappa shape index (κ2) is 4.36. The number of amides is 1. The minimum Gasteiger partial charge on any atom is -0.358 e. The van der Waals surface area contributed by atoms with Gasteiger partial charge in [0.2, 0.25) is 5.91 Å². The molecule has 1 aliphatic heterocycles. The average molecular weight is 221 g/mol. The SMILES string of the molecule is CC1C(=O)NCCN1c1ccnc(NN)c1. The van der Waals surface area contributed by atoms with Gasteiger partial charge in [0, 0.05) is 31.0 Å². The van der Waals surface area contributed by atoms with Crippen molar-refractivity contribution in [1.82, 2.24) is 10.3 Å². The minimum atomic E-state index is -0.165. The van der Waals surface area contributed by atoms with Gasteiger partial charge in [-0.25, -0.2) is 10.8 Å². The maximum absolute atomic E-state index is 11.5. The molecule has 1 amide bonds. The Kier molecular flexibility index (Phi) is 2.91. The molecule has 2 rings (SSSR count). The number of aromatic nitrogens is 1. The second-order valence-corrected chi connectivity index (χ2v) is 3.70. The van der Waals surface area contributed by atoms with Crippen molar-refractivity contribution in [3.63, 3.8) is 0 Å². The molecule has 1 unspecified atom stereocenters. The molecule has 0 radical (unpaired) electrons. The van der Waals surface area contributed by atoms with Crippen molar-refractivity contribution >= 4 is 17.4 Å². The Morgan fingerprint density at radius 3 is 3.25 bits per heavy atom. The highest BCUT2D eigenvalue weighted by Crippen LogP contribution is 2.20. The Bertz CT molecular complexity index is 395. The van der Waals surface area contributed by atoms with Gasteiger partial charge in [-0.2, -0.15) is 0 Å². The molecule has 4 N–H and O–H groups in total. The van der Waals surface area contributed by atoms with Crippen molar-refractivity contribution < 1.29 is 4.79 Å². The predicted octanol–water partition coefficient (Wildman–Crippen LogP) is -0.308. The quantitative estimate of drug-likeness (QED) is 0.471. The van der Waals surface area contributed by atoms with Crippen LogP contribution in [-0.4, -0.2) is 30.0 Å². The predicted molar refractivity (Wildman–Crippen MR) is 61.9 cm³/mol. The van der Waals surface area contributed by atoms with E-state index in [9.17, 15) is 4.79 Å². The lowest BCUT2D eigenvalue weighted by Gasteiger charge is -2.34. The molecule has 1 aromatic heterocycles. The zero-order valence-corrected chi connectivity index (χ0v) is 9.10. The van der Waals surface area contributed by atoms with E-state index in [0.29, 0.717) is 12.4 Å². The van der Waals surface area contributed by atoms with Crippen LogP contribution in [0.25, 0.3) is 0 Å². The van der Waals surface area contributed by atoms with Crippen LogP contribution in [0, 0.1) is 0 Å². The molecular weight excluding hydrogens is 206 g/mol. The summed E-state index contributed by atoms with van der Waals surface area (Å²) < 4.78 is 0. The van der Waals surface area contributed by atoms with Gasteiger partial charge in [0.1, 0.15) is 11.9 Å². The van der Waals surface area contributed by atoms with E-state index in [1.54, 1.807) is 6.20 Å². The highest BCUT2D eigenvalue weighted by atomic mass is 16.2. The molecule has 86 valence electrons. The number of nitrogen functional groups attached to an aromatic ring is 1. The first-order chi connectivity index (χ1) is 7.72. The molecule has 1 aromatic rings. The molecule has 0 aromatic carbocycles. The van der Waals surface area contributed by atoms with Crippen molar-refractivity contribution in [3.05, 3.63) is 18.3 Å². The lowest BCUT2D eigenvalue weighted by atomic mass is 10.2. The second-order valence-electron chi connectivity index (χ2n) is 3.70. The zero-order valence-electron chi connectivity index (χ0n) is 9.10. The van der Waals surface area contributed by atoms with Crippen LogP contribution >= 0.6 is 0 Å². The van der Waals surface area contributed by atoms with Gasteiger partial charge in [-0.15, -0.1) is 0 Å². The number of hydrazine groups is 1. The third-order valence-corrected chi connectivity index (χ3v) is 2.72. The van der Waals surface area contributed by atoms with Crippen LogP contribution in [0.1, 0.15) is 6.92 Å². The number of nitrogens with one attached hydrogen (secondary N) is 2. The third-order valence-electron chi connectivity index (χ3n) is 2.72. The zero-order chi connectivity index (χ0) is 11.5. The van der Waals surface area contributed by atoms with Crippen LogP contribution in [0.4, 0.5) is 11.5 Å². The van der Waals surface area contributed by atoms with E-state index < -0.39 is 0 Å². The molecule has 0 spiro atoms. The number of pyridine rings is 1. The largest absolute Gasteiger partial charge is 0.358 e. The van der Waals surface area contributed by atoms with E-state index in [0.717, 1.165) is 12.2 Å². The van der Waals surface area contributed by atoms with E-state index >= 15 is 0 Å². The fraction of sp³-hybridized carbons (Fsp3) is 0.400. The topological polar surface area (TPSA) is 83.3 Å². The summed E-state index contributed by atoms with van der Waals surface area (Å²) in [6.45, 7) is 3.34. The number of carbonyl (C=O) groups excluding carboxylic acids is 1. The summed E-state index contributed by atoms with van der Waals surface area (Å²) in [6, 6.07) is 3.53. The first-order valence-electron chi connectivity index (χ1n) is 5.19. The van der Waals surface area contributed by atoms with Gasteiger partial charge < -0.3 is 15.6 Å². The fourth-order valence-electron chi connectivity index (χ4n) is 1.81. The van der Waals surface area contributed by atoms with Gasteiger partial charge in [0.15, 0.2) is 0 Å². The summed E-state index contributed by atoms with van der Waals surface area (Å²) in [5.41, 5.74) is 3.44. The third kappa shape index (κ3) is 1.92. The van der Waals surface area contributed by atoms with Crippen molar-refractivity contribution in [3.8, 4) is 0 Å².